The molecule has 0 aliphatic rings. The fourth-order valence-electron chi connectivity index (χ4n) is 1.11. The van der Waals surface area contributed by atoms with Crippen molar-refractivity contribution in [3.05, 3.63) is 29.8 Å². The molecule has 0 bridgehead atoms. The second-order valence-corrected chi connectivity index (χ2v) is 3.71. The largest absolute Gasteiger partial charge is 0.481 e. The van der Waals surface area contributed by atoms with Gasteiger partial charge in [0.05, 0.1) is 5.56 Å². The average Bonchev–Trinajstić information content (AvgIpc) is 2.29. The van der Waals surface area contributed by atoms with Gasteiger partial charge < -0.3 is 15.5 Å². The lowest BCUT2D eigenvalue weighted by Gasteiger charge is -2.01. The Kier molecular flexibility index (Phi) is 7.60. The lowest BCUT2D eigenvalue weighted by atomic mass is 10.2. The molecule has 3 N–H and O–H groups in total. The Balaban J connectivity index is 0.000000459. The summed E-state index contributed by atoms with van der Waals surface area (Å²) in [6.45, 7) is 3.24. The highest BCUT2D eigenvalue weighted by Gasteiger charge is 2.01. The average molecular weight is 267 g/mol. The minimum atomic E-state index is -0.977. The topological polar surface area (TPSA) is 104 Å². The molecule has 0 spiro atoms. The summed E-state index contributed by atoms with van der Waals surface area (Å²) in [5.41, 5.74) is 0.798. The van der Waals surface area contributed by atoms with Crippen LogP contribution in [0.15, 0.2) is 24.3 Å². The van der Waals surface area contributed by atoms with E-state index in [0.717, 1.165) is 6.42 Å². The molecule has 0 radical (unpaired) electrons. The number of carbonyl (C=O) groups excluding carboxylic acids is 1. The van der Waals surface area contributed by atoms with Crippen LogP contribution in [0.5, 0.6) is 0 Å². The van der Waals surface area contributed by atoms with Gasteiger partial charge in [-0.15, -0.1) is 0 Å². The Bertz CT molecular complexity index is 439. The second kappa shape index (κ2) is 8.68. The fourth-order valence-corrected chi connectivity index (χ4v) is 1.11. The van der Waals surface area contributed by atoms with Crippen molar-refractivity contribution in [2.45, 2.75) is 26.7 Å². The monoisotopic (exact) mass is 267 g/mol. The van der Waals surface area contributed by atoms with Crippen molar-refractivity contribution in [2.24, 2.45) is 0 Å². The summed E-state index contributed by atoms with van der Waals surface area (Å²) in [4.78, 5) is 30.7. The van der Waals surface area contributed by atoms with E-state index in [1.165, 1.54) is 19.1 Å². The molecule has 19 heavy (non-hydrogen) atoms. The lowest BCUT2D eigenvalue weighted by molar-refractivity contribution is -0.137. The molecule has 0 aliphatic carbocycles. The van der Waals surface area contributed by atoms with Crippen molar-refractivity contribution in [1.82, 2.24) is 0 Å². The second-order valence-electron chi connectivity index (χ2n) is 3.71. The Morgan fingerprint density at radius 3 is 1.89 bits per heavy atom. The van der Waals surface area contributed by atoms with E-state index in [1.807, 2.05) is 6.92 Å². The number of nitrogens with one attached hydrogen (secondary N) is 1. The molecule has 104 valence electrons. The van der Waals surface area contributed by atoms with E-state index in [4.69, 9.17) is 10.2 Å². The maximum Gasteiger partial charge on any atom is 0.335 e. The minimum Gasteiger partial charge on any atom is -0.481 e. The number of hydrogen-bond acceptors (Lipinski definition) is 3. The Morgan fingerprint density at radius 1 is 1.11 bits per heavy atom. The van der Waals surface area contributed by atoms with E-state index >= 15 is 0 Å². The lowest BCUT2D eigenvalue weighted by Crippen LogP contribution is -2.05. The Labute approximate surface area is 111 Å². The number of carboxylic acids is 2. The van der Waals surface area contributed by atoms with Crippen molar-refractivity contribution < 1.29 is 24.6 Å². The highest BCUT2D eigenvalue weighted by atomic mass is 16.4. The number of carbonyl (C=O) groups is 3. The van der Waals surface area contributed by atoms with Gasteiger partial charge in [0.15, 0.2) is 0 Å². The first-order valence-electron chi connectivity index (χ1n) is 5.69. The van der Waals surface area contributed by atoms with Gasteiger partial charge in [0.2, 0.25) is 5.91 Å². The van der Waals surface area contributed by atoms with E-state index in [1.54, 1.807) is 12.1 Å². The SMILES string of the molecule is CC(=O)Nc1ccc(C(=O)O)cc1.CCCC(=O)O. The standard InChI is InChI=1S/C9H9NO3.C4H8O2/c1-6(11)10-8-4-2-7(3-5-8)9(12)13;1-2-3-4(5)6/h2-5H,1H3,(H,10,11)(H,12,13);2-3H2,1H3,(H,5,6). The number of anilines is 1. The molecule has 0 heterocycles. The van der Waals surface area contributed by atoms with Gasteiger partial charge >= 0.3 is 11.9 Å². The molecule has 1 rings (SSSR count). The molecule has 0 fully saturated rings. The summed E-state index contributed by atoms with van der Waals surface area (Å²) in [6.07, 6.45) is 1.02. The normalized spacial score (nSPS) is 8.95. The number of hydrogen-bond donors (Lipinski definition) is 3. The van der Waals surface area contributed by atoms with Gasteiger partial charge in [0.1, 0.15) is 0 Å². The quantitative estimate of drug-likeness (QED) is 0.776. The van der Waals surface area contributed by atoms with Gasteiger partial charge in [0.25, 0.3) is 0 Å². The molecule has 0 aliphatic heterocycles. The van der Waals surface area contributed by atoms with Gasteiger partial charge in [-0.1, -0.05) is 6.92 Å². The highest BCUT2D eigenvalue weighted by molar-refractivity contribution is 5.91. The summed E-state index contributed by atoms with van der Waals surface area (Å²) in [5, 5.41) is 19.0. The van der Waals surface area contributed by atoms with Crippen molar-refractivity contribution in [1.29, 1.82) is 0 Å². The zero-order valence-electron chi connectivity index (χ0n) is 10.8. The first-order valence-corrected chi connectivity index (χ1v) is 5.69. The zero-order valence-corrected chi connectivity index (χ0v) is 10.8. The number of rotatable bonds is 4. The van der Waals surface area contributed by atoms with E-state index in [0.29, 0.717) is 12.1 Å². The van der Waals surface area contributed by atoms with Crippen LogP contribution >= 0.6 is 0 Å². The van der Waals surface area contributed by atoms with Crippen molar-refractivity contribution in [2.75, 3.05) is 5.32 Å². The number of carboxylic acid groups (broad SMARTS) is 2. The third-order valence-electron chi connectivity index (χ3n) is 1.92. The predicted octanol–water partition coefficient (Wildman–Crippen LogP) is 2.21. The van der Waals surface area contributed by atoms with Gasteiger partial charge in [-0.3, -0.25) is 9.59 Å². The molecular weight excluding hydrogens is 250 g/mol. The zero-order chi connectivity index (χ0) is 14.8. The molecule has 1 aromatic rings. The fraction of sp³-hybridized carbons (Fsp3) is 0.308. The van der Waals surface area contributed by atoms with Crippen LogP contribution in [0.25, 0.3) is 0 Å². The number of aliphatic carboxylic acids is 1. The van der Waals surface area contributed by atoms with Gasteiger partial charge in [-0.2, -0.15) is 0 Å². The molecule has 1 amide bonds. The number of benzene rings is 1. The predicted molar refractivity (Wildman–Crippen MR) is 70.2 cm³/mol. The molecule has 0 atom stereocenters. The Hall–Kier alpha value is -2.37. The third-order valence-corrected chi connectivity index (χ3v) is 1.92. The molecule has 0 saturated heterocycles. The highest BCUT2D eigenvalue weighted by Crippen LogP contribution is 2.08. The minimum absolute atomic E-state index is 0.178. The molecule has 6 nitrogen and oxygen atoms in total. The summed E-state index contributed by atoms with van der Waals surface area (Å²) < 4.78 is 0. The summed E-state index contributed by atoms with van der Waals surface area (Å²) in [5.74, 6) is -1.87. The van der Waals surface area contributed by atoms with Crippen LogP contribution in [0.2, 0.25) is 0 Å². The molecule has 0 aromatic heterocycles. The molecular formula is C13H17NO5. The van der Waals surface area contributed by atoms with E-state index in [2.05, 4.69) is 5.32 Å². The van der Waals surface area contributed by atoms with Crippen LogP contribution in [-0.2, 0) is 9.59 Å². The van der Waals surface area contributed by atoms with E-state index in [-0.39, 0.29) is 11.5 Å². The maximum atomic E-state index is 10.6. The van der Waals surface area contributed by atoms with Gasteiger partial charge in [-0.25, -0.2) is 4.79 Å². The Morgan fingerprint density at radius 2 is 1.63 bits per heavy atom. The maximum absolute atomic E-state index is 10.6. The van der Waals surface area contributed by atoms with Crippen molar-refractivity contribution in [3.8, 4) is 0 Å². The third kappa shape index (κ3) is 8.37. The van der Waals surface area contributed by atoms with Crippen LogP contribution in [0.3, 0.4) is 0 Å². The molecule has 0 saturated carbocycles. The molecule has 0 unspecified atom stereocenters. The van der Waals surface area contributed by atoms with Crippen LogP contribution in [0.4, 0.5) is 5.69 Å². The van der Waals surface area contributed by atoms with Crippen LogP contribution in [-0.4, -0.2) is 28.1 Å². The van der Waals surface area contributed by atoms with Crippen LogP contribution in [0, 0.1) is 0 Å². The first kappa shape index (κ1) is 16.6. The smallest absolute Gasteiger partial charge is 0.335 e. The summed E-state index contributed by atoms with van der Waals surface area (Å²) in [6, 6.07) is 5.97. The molecule has 1 aromatic carbocycles. The first-order chi connectivity index (χ1) is 8.86. The van der Waals surface area contributed by atoms with Gasteiger partial charge in [-0.05, 0) is 30.7 Å². The van der Waals surface area contributed by atoms with Crippen molar-refractivity contribution >= 4 is 23.5 Å². The summed E-state index contributed by atoms with van der Waals surface area (Å²) >= 11 is 0. The molecule has 6 heteroatoms. The van der Waals surface area contributed by atoms with E-state index < -0.39 is 11.9 Å². The van der Waals surface area contributed by atoms with Crippen LogP contribution < -0.4 is 5.32 Å². The number of amides is 1. The van der Waals surface area contributed by atoms with Gasteiger partial charge in [0, 0.05) is 19.0 Å². The van der Waals surface area contributed by atoms with Crippen LogP contribution in [0.1, 0.15) is 37.0 Å². The summed E-state index contributed by atoms with van der Waals surface area (Å²) in [7, 11) is 0. The number of aromatic carboxylic acids is 1. The van der Waals surface area contributed by atoms with E-state index in [9.17, 15) is 14.4 Å². The van der Waals surface area contributed by atoms with Crippen molar-refractivity contribution in [3.63, 3.8) is 0 Å².